The van der Waals surface area contributed by atoms with Crippen molar-refractivity contribution < 1.29 is 4.79 Å². The highest BCUT2D eigenvalue weighted by atomic mass is 79.9. The van der Waals surface area contributed by atoms with Gasteiger partial charge in [0, 0.05) is 15.9 Å². The van der Waals surface area contributed by atoms with Crippen LogP contribution in [0, 0.1) is 5.92 Å². The third-order valence-corrected chi connectivity index (χ3v) is 3.98. The van der Waals surface area contributed by atoms with E-state index in [1.165, 1.54) is 19.3 Å². The number of hydrogen-bond acceptors (Lipinski definition) is 3. The molecular formula is C15H20BrN3O. The van der Waals surface area contributed by atoms with Gasteiger partial charge in [0.15, 0.2) is 0 Å². The van der Waals surface area contributed by atoms with Crippen LogP contribution >= 0.6 is 15.9 Å². The van der Waals surface area contributed by atoms with Gasteiger partial charge in [-0.15, -0.1) is 0 Å². The van der Waals surface area contributed by atoms with E-state index in [2.05, 4.69) is 38.7 Å². The van der Waals surface area contributed by atoms with E-state index in [9.17, 15) is 4.79 Å². The molecule has 2 N–H and O–H groups in total. The van der Waals surface area contributed by atoms with E-state index in [1.807, 2.05) is 24.3 Å². The minimum Gasteiger partial charge on any atom is -0.376 e. The van der Waals surface area contributed by atoms with Gasteiger partial charge in [-0.3, -0.25) is 4.79 Å². The molecule has 4 nitrogen and oxygen atoms in total. The molecule has 0 aliphatic heterocycles. The lowest BCUT2D eigenvalue weighted by Gasteiger charge is -2.19. The Labute approximate surface area is 128 Å². The molecule has 0 aromatic heterocycles. The van der Waals surface area contributed by atoms with Crippen molar-refractivity contribution in [3.05, 3.63) is 28.7 Å². The zero-order valence-electron chi connectivity index (χ0n) is 11.7. The highest BCUT2D eigenvalue weighted by molar-refractivity contribution is 9.10. The summed E-state index contributed by atoms with van der Waals surface area (Å²) in [5.41, 5.74) is 4.67. The minimum atomic E-state index is -0.116. The fraction of sp³-hybridized carbons (Fsp3) is 0.467. The highest BCUT2D eigenvalue weighted by Gasteiger charge is 2.15. The molecule has 0 bridgehead atoms. The molecule has 1 saturated carbocycles. The summed E-state index contributed by atoms with van der Waals surface area (Å²) in [5.74, 6) is 0.373. The Morgan fingerprint density at radius 3 is 3.05 bits per heavy atom. The predicted molar refractivity (Wildman–Crippen MR) is 85.8 cm³/mol. The maximum atomic E-state index is 11.8. The first-order chi connectivity index (χ1) is 9.65. The number of nitrogens with zero attached hydrogens (tertiary/aromatic N) is 1. The summed E-state index contributed by atoms with van der Waals surface area (Å²) in [5, 5.41) is 7.33. The summed E-state index contributed by atoms with van der Waals surface area (Å²) < 4.78 is 0.985. The number of hydrazone groups is 1. The Hall–Kier alpha value is -1.36. The SMILES string of the molecule is CC1CCCC/C1=N\NC(=O)CNc1cccc(Br)c1. The van der Waals surface area contributed by atoms with E-state index < -0.39 is 0 Å². The maximum Gasteiger partial charge on any atom is 0.259 e. The van der Waals surface area contributed by atoms with Gasteiger partial charge in [0.2, 0.25) is 0 Å². The van der Waals surface area contributed by atoms with Crippen molar-refractivity contribution in [3.63, 3.8) is 0 Å². The second kappa shape index (κ2) is 7.43. The quantitative estimate of drug-likeness (QED) is 0.825. The van der Waals surface area contributed by atoms with Crippen LogP contribution in [0.1, 0.15) is 32.6 Å². The Balaban J connectivity index is 1.79. The standard InChI is InChI=1S/C15H20BrN3O/c1-11-5-2-3-8-14(11)18-19-15(20)10-17-13-7-4-6-12(16)9-13/h4,6-7,9,11,17H,2-3,5,8,10H2,1H3,(H,19,20)/b18-14+. The number of benzene rings is 1. The molecule has 2 rings (SSSR count). The van der Waals surface area contributed by atoms with Crippen molar-refractivity contribution in [2.24, 2.45) is 11.0 Å². The normalized spacial score (nSPS) is 20.7. The summed E-state index contributed by atoms with van der Waals surface area (Å²) in [6.07, 6.45) is 4.61. The third kappa shape index (κ3) is 4.63. The van der Waals surface area contributed by atoms with Gasteiger partial charge in [0.05, 0.1) is 6.54 Å². The molecule has 0 radical (unpaired) electrons. The fourth-order valence-corrected chi connectivity index (χ4v) is 2.69. The molecule has 0 spiro atoms. The molecule has 5 heteroatoms. The largest absolute Gasteiger partial charge is 0.376 e. The molecular weight excluding hydrogens is 318 g/mol. The van der Waals surface area contributed by atoms with Gasteiger partial charge in [-0.1, -0.05) is 35.3 Å². The topological polar surface area (TPSA) is 53.5 Å². The molecule has 1 amide bonds. The Morgan fingerprint density at radius 1 is 1.45 bits per heavy atom. The average molecular weight is 338 g/mol. The zero-order valence-corrected chi connectivity index (χ0v) is 13.2. The zero-order chi connectivity index (χ0) is 14.4. The number of anilines is 1. The number of halogens is 1. The van der Waals surface area contributed by atoms with E-state index in [-0.39, 0.29) is 12.5 Å². The van der Waals surface area contributed by atoms with Crippen molar-refractivity contribution in [1.29, 1.82) is 0 Å². The van der Waals surface area contributed by atoms with Crippen LogP contribution in [0.15, 0.2) is 33.8 Å². The van der Waals surface area contributed by atoms with Crippen molar-refractivity contribution in [2.45, 2.75) is 32.6 Å². The molecule has 20 heavy (non-hydrogen) atoms. The summed E-state index contributed by atoms with van der Waals surface area (Å²) >= 11 is 3.40. The Bertz CT molecular complexity index is 502. The fourth-order valence-electron chi connectivity index (χ4n) is 2.29. The van der Waals surface area contributed by atoms with Crippen LogP contribution in [0.5, 0.6) is 0 Å². The molecule has 0 heterocycles. The van der Waals surface area contributed by atoms with Crippen LogP contribution in [0.4, 0.5) is 5.69 Å². The van der Waals surface area contributed by atoms with E-state index in [0.29, 0.717) is 5.92 Å². The number of hydrogen-bond donors (Lipinski definition) is 2. The van der Waals surface area contributed by atoms with Crippen LogP contribution in [0.2, 0.25) is 0 Å². The van der Waals surface area contributed by atoms with Crippen LogP contribution < -0.4 is 10.7 Å². The number of carbonyl (C=O) groups excluding carboxylic acids is 1. The lowest BCUT2D eigenvalue weighted by atomic mass is 9.89. The molecule has 108 valence electrons. The first kappa shape index (κ1) is 15.0. The van der Waals surface area contributed by atoms with Crippen LogP contribution in [-0.4, -0.2) is 18.2 Å². The second-order valence-corrected chi connectivity index (χ2v) is 6.06. The summed E-state index contributed by atoms with van der Waals surface area (Å²) in [4.78, 5) is 11.8. The van der Waals surface area contributed by atoms with Gasteiger partial charge in [0.25, 0.3) is 5.91 Å². The first-order valence-corrected chi connectivity index (χ1v) is 7.79. The van der Waals surface area contributed by atoms with Gasteiger partial charge in [-0.05, 0) is 43.4 Å². The number of amides is 1. The lowest BCUT2D eigenvalue weighted by molar-refractivity contribution is -0.119. The molecule has 1 aliphatic rings. The molecule has 1 fully saturated rings. The average Bonchev–Trinajstić information content (AvgIpc) is 2.44. The lowest BCUT2D eigenvalue weighted by Crippen LogP contribution is -2.28. The molecule has 1 atom stereocenters. The van der Waals surface area contributed by atoms with Crippen molar-refractivity contribution in [3.8, 4) is 0 Å². The van der Waals surface area contributed by atoms with E-state index in [4.69, 9.17) is 0 Å². The van der Waals surface area contributed by atoms with Crippen molar-refractivity contribution in [2.75, 3.05) is 11.9 Å². The summed E-state index contributed by atoms with van der Waals surface area (Å²) in [6, 6.07) is 7.73. The van der Waals surface area contributed by atoms with E-state index in [0.717, 1.165) is 22.3 Å². The smallest absolute Gasteiger partial charge is 0.259 e. The van der Waals surface area contributed by atoms with Gasteiger partial charge >= 0.3 is 0 Å². The first-order valence-electron chi connectivity index (χ1n) is 7.00. The predicted octanol–water partition coefficient (Wildman–Crippen LogP) is 3.54. The van der Waals surface area contributed by atoms with Crippen LogP contribution in [-0.2, 0) is 4.79 Å². The monoisotopic (exact) mass is 337 g/mol. The van der Waals surface area contributed by atoms with Crippen LogP contribution in [0.25, 0.3) is 0 Å². The third-order valence-electron chi connectivity index (χ3n) is 3.49. The van der Waals surface area contributed by atoms with Crippen molar-refractivity contribution >= 4 is 33.2 Å². The van der Waals surface area contributed by atoms with E-state index >= 15 is 0 Å². The number of carbonyl (C=O) groups is 1. The number of rotatable bonds is 4. The second-order valence-electron chi connectivity index (χ2n) is 5.15. The summed E-state index contributed by atoms with van der Waals surface area (Å²) in [7, 11) is 0. The van der Waals surface area contributed by atoms with Crippen molar-refractivity contribution in [1.82, 2.24) is 5.43 Å². The molecule has 0 saturated heterocycles. The molecule has 1 aromatic rings. The maximum absolute atomic E-state index is 11.8. The molecule has 1 aliphatic carbocycles. The highest BCUT2D eigenvalue weighted by Crippen LogP contribution is 2.20. The minimum absolute atomic E-state index is 0.116. The number of nitrogens with one attached hydrogen (secondary N) is 2. The summed E-state index contributed by atoms with van der Waals surface area (Å²) in [6.45, 7) is 2.39. The molecule has 1 unspecified atom stereocenters. The molecule has 1 aromatic carbocycles. The van der Waals surface area contributed by atoms with Gasteiger partial charge in [-0.25, -0.2) is 5.43 Å². The van der Waals surface area contributed by atoms with E-state index in [1.54, 1.807) is 0 Å². The van der Waals surface area contributed by atoms with Gasteiger partial charge in [0.1, 0.15) is 0 Å². The van der Waals surface area contributed by atoms with Gasteiger partial charge in [-0.2, -0.15) is 5.10 Å². The van der Waals surface area contributed by atoms with Crippen LogP contribution in [0.3, 0.4) is 0 Å². The Kier molecular flexibility index (Phi) is 5.59. The van der Waals surface area contributed by atoms with Gasteiger partial charge < -0.3 is 5.32 Å². The Morgan fingerprint density at radius 2 is 2.30 bits per heavy atom.